The Morgan fingerprint density at radius 1 is 1.23 bits per heavy atom. The molecule has 1 saturated carbocycles. The summed E-state index contributed by atoms with van der Waals surface area (Å²) in [4.78, 5) is 31.5. The van der Waals surface area contributed by atoms with Crippen LogP contribution in [0.15, 0.2) is 30.3 Å². The summed E-state index contributed by atoms with van der Waals surface area (Å²) in [5.74, 6) is -1.48. The normalized spacial score (nSPS) is 20.5. The van der Waals surface area contributed by atoms with E-state index in [1.54, 1.807) is 6.92 Å². The van der Waals surface area contributed by atoms with Crippen molar-refractivity contribution < 1.29 is 24.3 Å². The van der Waals surface area contributed by atoms with Crippen LogP contribution >= 0.6 is 7.60 Å². The van der Waals surface area contributed by atoms with Crippen molar-refractivity contribution in [2.75, 3.05) is 0 Å². The number of benzene rings is 1. The maximum absolute atomic E-state index is 12.1. The number of hydrogen-bond acceptors (Lipinski definition) is 2. The monoisotopic (exact) mass is 326 g/mol. The SMILES string of the molecule is CC(Cc1ccccc1)C(C1(C(=O)O)CCCC1)P(=O)(O)O. The van der Waals surface area contributed by atoms with Crippen molar-refractivity contribution in [3.05, 3.63) is 35.9 Å². The second-order valence-electron chi connectivity index (χ2n) is 6.37. The Hall–Kier alpha value is -1.16. The van der Waals surface area contributed by atoms with Crippen molar-refractivity contribution >= 4 is 13.6 Å². The average Bonchev–Trinajstić information content (AvgIpc) is 2.88. The molecule has 0 amide bonds. The molecule has 6 heteroatoms. The van der Waals surface area contributed by atoms with E-state index < -0.39 is 30.6 Å². The van der Waals surface area contributed by atoms with Crippen molar-refractivity contribution in [3.63, 3.8) is 0 Å². The van der Waals surface area contributed by atoms with E-state index in [4.69, 9.17) is 0 Å². The van der Waals surface area contributed by atoms with Crippen LogP contribution in [0.3, 0.4) is 0 Å². The van der Waals surface area contributed by atoms with E-state index >= 15 is 0 Å². The van der Waals surface area contributed by atoms with Gasteiger partial charge < -0.3 is 14.9 Å². The lowest BCUT2D eigenvalue weighted by Crippen LogP contribution is -2.44. The fourth-order valence-corrected chi connectivity index (χ4v) is 5.72. The van der Waals surface area contributed by atoms with Crippen LogP contribution in [0.2, 0.25) is 0 Å². The van der Waals surface area contributed by atoms with E-state index in [0.717, 1.165) is 5.56 Å². The Bertz CT molecular complexity index is 559. The molecule has 0 bridgehead atoms. The van der Waals surface area contributed by atoms with Gasteiger partial charge in [-0.3, -0.25) is 9.36 Å². The van der Waals surface area contributed by atoms with Gasteiger partial charge in [-0.05, 0) is 30.7 Å². The fourth-order valence-electron chi connectivity index (χ4n) is 3.94. The zero-order valence-electron chi connectivity index (χ0n) is 12.7. The molecule has 0 aliphatic heterocycles. The van der Waals surface area contributed by atoms with Gasteiger partial charge in [0.1, 0.15) is 0 Å². The van der Waals surface area contributed by atoms with Crippen LogP contribution in [0.5, 0.6) is 0 Å². The van der Waals surface area contributed by atoms with E-state index in [9.17, 15) is 24.3 Å². The number of rotatable bonds is 6. The van der Waals surface area contributed by atoms with Crippen molar-refractivity contribution in [2.24, 2.45) is 11.3 Å². The van der Waals surface area contributed by atoms with Gasteiger partial charge in [0.15, 0.2) is 0 Å². The van der Waals surface area contributed by atoms with Gasteiger partial charge in [0.2, 0.25) is 0 Å². The summed E-state index contributed by atoms with van der Waals surface area (Å²) < 4.78 is 12.1. The fraction of sp³-hybridized carbons (Fsp3) is 0.562. The van der Waals surface area contributed by atoms with Crippen LogP contribution in [-0.2, 0) is 15.8 Å². The maximum atomic E-state index is 12.1. The Labute approximate surface area is 130 Å². The van der Waals surface area contributed by atoms with Gasteiger partial charge in [-0.1, -0.05) is 50.1 Å². The number of carbonyl (C=O) groups is 1. The number of carboxylic acids is 1. The molecule has 1 aliphatic carbocycles. The molecule has 0 radical (unpaired) electrons. The highest BCUT2D eigenvalue weighted by molar-refractivity contribution is 7.52. The minimum Gasteiger partial charge on any atom is -0.481 e. The minimum absolute atomic E-state index is 0.344. The summed E-state index contributed by atoms with van der Waals surface area (Å²) in [6.45, 7) is 1.75. The summed E-state index contributed by atoms with van der Waals surface area (Å²) in [6, 6.07) is 9.42. The standard InChI is InChI=1S/C16H23O5P/c1-12(11-13-7-3-2-4-8-13)14(22(19,20)21)16(15(17)18)9-5-6-10-16/h2-4,7-8,12,14H,5-6,9-11H2,1H3,(H,17,18)(H2,19,20,21). The molecule has 0 aromatic heterocycles. The van der Waals surface area contributed by atoms with Crippen molar-refractivity contribution in [2.45, 2.75) is 44.7 Å². The minimum atomic E-state index is -4.52. The number of carboxylic acid groups (broad SMARTS) is 1. The Balaban J connectivity index is 2.34. The van der Waals surface area contributed by atoms with Crippen molar-refractivity contribution in [1.82, 2.24) is 0 Å². The lowest BCUT2D eigenvalue weighted by molar-refractivity contribution is -0.149. The second kappa shape index (κ2) is 6.53. The van der Waals surface area contributed by atoms with Gasteiger partial charge in [0.25, 0.3) is 0 Å². The van der Waals surface area contributed by atoms with Crippen molar-refractivity contribution in [1.29, 1.82) is 0 Å². The molecule has 1 aromatic carbocycles. The number of hydrogen-bond donors (Lipinski definition) is 3. The second-order valence-corrected chi connectivity index (χ2v) is 8.10. The Morgan fingerprint density at radius 3 is 2.23 bits per heavy atom. The summed E-state index contributed by atoms with van der Waals surface area (Å²) in [6.07, 6.45) is 2.57. The van der Waals surface area contributed by atoms with Crippen molar-refractivity contribution in [3.8, 4) is 0 Å². The quantitative estimate of drug-likeness (QED) is 0.698. The van der Waals surface area contributed by atoms with Gasteiger partial charge in [0.05, 0.1) is 11.1 Å². The highest BCUT2D eigenvalue weighted by atomic mass is 31.2. The van der Waals surface area contributed by atoms with Gasteiger partial charge in [-0.2, -0.15) is 0 Å². The van der Waals surface area contributed by atoms with E-state index in [2.05, 4.69) is 0 Å². The van der Waals surface area contributed by atoms with E-state index in [0.29, 0.717) is 32.1 Å². The highest BCUT2D eigenvalue weighted by Gasteiger charge is 2.56. The topological polar surface area (TPSA) is 94.8 Å². The molecular formula is C16H23O5P. The molecule has 1 aliphatic rings. The third kappa shape index (κ3) is 3.43. The zero-order valence-corrected chi connectivity index (χ0v) is 13.6. The van der Waals surface area contributed by atoms with Gasteiger partial charge in [0, 0.05) is 0 Å². The first-order valence-corrected chi connectivity index (χ1v) is 9.28. The van der Waals surface area contributed by atoms with Crippen LogP contribution in [0, 0.1) is 11.3 Å². The zero-order chi connectivity index (χ0) is 16.4. The summed E-state index contributed by atoms with van der Waals surface area (Å²) in [5, 5.41) is 9.67. The molecule has 22 heavy (non-hydrogen) atoms. The summed E-state index contributed by atoms with van der Waals surface area (Å²) in [5.41, 5.74) is -1.47. The number of aliphatic carboxylic acids is 1. The lowest BCUT2D eigenvalue weighted by Gasteiger charge is -2.37. The van der Waals surface area contributed by atoms with Crippen LogP contribution in [-0.4, -0.2) is 26.5 Å². The molecule has 2 atom stereocenters. The highest BCUT2D eigenvalue weighted by Crippen LogP contribution is 2.59. The van der Waals surface area contributed by atoms with Crippen LogP contribution < -0.4 is 0 Å². The van der Waals surface area contributed by atoms with Gasteiger partial charge in [-0.25, -0.2) is 0 Å². The third-order valence-electron chi connectivity index (χ3n) is 4.79. The molecule has 0 saturated heterocycles. The summed E-state index contributed by atoms with van der Waals surface area (Å²) >= 11 is 0. The third-order valence-corrected chi connectivity index (χ3v) is 6.52. The Kier molecular flexibility index (Phi) is 5.10. The first-order chi connectivity index (χ1) is 10.3. The first-order valence-electron chi connectivity index (χ1n) is 7.60. The molecule has 1 fully saturated rings. The van der Waals surface area contributed by atoms with Crippen LogP contribution in [0.25, 0.3) is 0 Å². The molecule has 2 rings (SSSR count). The molecule has 122 valence electrons. The van der Waals surface area contributed by atoms with E-state index in [1.165, 1.54) is 0 Å². The lowest BCUT2D eigenvalue weighted by atomic mass is 9.76. The van der Waals surface area contributed by atoms with Gasteiger partial charge >= 0.3 is 13.6 Å². The maximum Gasteiger partial charge on any atom is 0.330 e. The molecule has 5 nitrogen and oxygen atoms in total. The molecular weight excluding hydrogens is 303 g/mol. The summed E-state index contributed by atoms with van der Waals surface area (Å²) in [7, 11) is -4.52. The smallest absolute Gasteiger partial charge is 0.330 e. The average molecular weight is 326 g/mol. The van der Waals surface area contributed by atoms with Crippen LogP contribution in [0.4, 0.5) is 0 Å². The van der Waals surface area contributed by atoms with E-state index in [-0.39, 0.29) is 0 Å². The van der Waals surface area contributed by atoms with E-state index in [1.807, 2.05) is 30.3 Å². The first kappa shape index (κ1) is 17.2. The predicted molar refractivity (Wildman–Crippen MR) is 83.7 cm³/mol. The van der Waals surface area contributed by atoms with Gasteiger partial charge in [-0.15, -0.1) is 0 Å². The Morgan fingerprint density at radius 2 is 1.77 bits per heavy atom. The molecule has 0 spiro atoms. The molecule has 0 heterocycles. The largest absolute Gasteiger partial charge is 0.481 e. The molecule has 2 unspecified atom stereocenters. The van der Waals surface area contributed by atoms with Crippen LogP contribution in [0.1, 0.15) is 38.2 Å². The predicted octanol–water partition coefficient (Wildman–Crippen LogP) is 3.06. The molecule has 1 aromatic rings. The molecule has 3 N–H and O–H groups in total.